The summed E-state index contributed by atoms with van der Waals surface area (Å²) in [7, 11) is 1.18. The van der Waals surface area contributed by atoms with Crippen molar-refractivity contribution in [2.24, 2.45) is 0 Å². The van der Waals surface area contributed by atoms with Gasteiger partial charge < -0.3 is 24.3 Å². The molecule has 0 aromatic heterocycles. The first-order valence-corrected chi connectivity index (χ1v) is 6.93. The van der Waals surface area contributed by atoms with Crippen LogP contribution in [-0.2, 0) is 33.3 Å². The quantitative estimate of drug-likeness (QED) is 0.264. The monoisotopic (exact) mass is 343 g/mol. The van der Waals surface area contributed by atoms with Gasteiger partial charge in [-0.05, 0) is 6.92 Å². The van der Waals surface area contributed by atoms with Crippen molar-refractivity contribution >= 4 is 24.0 Å². The Morgan fingerprint density at radius 3 is 2.21 bits per heavy atom. The molecule has 0 fully saturated rings. The number of nitrogens with one attached hydrogen (secondary N) is 1. The molecular formula is C15H21NO8. The van der Waals surface area contributed by atoms with Crippen LogP contribution >= 0.6 is 0 Å². The molecule has 24 heavy (non-hydrogen) atoms. The number of carbonyl (C=O) groups excluding carboxylic acids is 4. The van der Waals surface area contributed by atoms with E-state index in [4.69, 9.17) is 14.2 Å². The Balaban J connectivity index is 3.72. The minimum Gasteiger partial charge on any atom is -0.466 e. The van der Waals surface area contributed by atoms with E-state index in [2.05, 4.69) is 23.2 Å². The van der Waals surface area contributed by atoms with Crippen molar-refractivity contribution < 1.29 is 38.1 Å². The summed E-state index contributed by atoms with van der Waals surface area (Å²) in [6, 6.07) is 0. The van der Waals surface area contributed by atoms with Gasteiger partial charge in [-0.3, -0.25) is 4.79 Å². The van der Waals surface area contributed by atoms with E-state index in [9.17, 15) is 19.2 Å². The Kier molecular flexibility index (Phi) is 10.3. The SMILES string of the molecule is C=C(C)C(=O)OCCNC(=O)OCCC(=O)OCC(=C)C(=O)OC. The molecule has 0 saturated heterocycles. The van der Waals surface area contributed by atoms with Crippen LogP contribution in [0, 0.1) is 0 Å². The average molecular weight is 343 g/mol. The van der Waals surface area contributed by atoms with Crippen LogP contribution in [0.5, 0.6) is 0 Å². The molecule has 0 heterocycles. The zero-order valence-corrected chi connectivity index (χ0v) is 13.7. The van der Waals surface area contributed by atoms with Gasteiger partial charge in [0.2, 0.25) is 0 Å². The molecule has 0 aromatic rings. The van der Waals surface area contributed by atoms with Crippen LogP contribution in [-0.4, -0.2) is 57.5 Å². The summed E-state index contributed by atoms with van der Waals surface area (Å²) < 4.78 is 18.6. The first-order valence-electron chi connectivity index (χ1n) is 6.93. The van der Waals surface area contributed by atoms with Crippen molar-refractivity contribution in [1.82, 2.24) is 5.32 Å². The maximum Gasteiger partial charge on any atom is 0.407 e. The number of ether oxygens (including phenoxy) is 4. The largest absolute Gasteiger partial charge is 0.466 e. The molecule has 0 bridgehead atoms. The van der Waals surface area contributed by atoms with Crippen LogP contribution in [0.1, 0.15) is 13.3 Å². The molecule has 0 aromatic carbocycles. The molecular weight excluding hydrogens is 322 g/mol. The highest BCUT2D eigenvalue weighted by Gasteiger charge is 2.11. The summed E-state index contributed by atoms with van der Waals surface area (Å²) >= 11 is 0. The summed E-state index contributed by atoms with van der Waals surface area (Å²) in [6.45, 7) is 7.81. The van der Waals surface area contributed by atoms with Crippen molar-refractivity contribution in [1.29, 1.82) is 0 Å². The molecule has 0 saturated carbocycles. The number of esters is 3. The molecule has 0 aliphatic rings. The molecule has 0 unspecified atom stereocenters. The number of hydrogen-bond acceptors (Lipinski definition) is 8. The molecule has 0 aliphatic heterocycles. The van der Waals surface area contributed by atoms with Gasteiger partial charge in [-0.15, -0.1) is 0 Å². The second kappa shape index (κ2) is 11.7. The molecule has 0 atom stereocenters. The summed E-state index contributed by atoms with van der Waals surface area (Å²) in [5.74, 6) is -1.89. The van der Waals surface area contributed by atoms with Crippen LogP contribution in [0.25, 0.3) is 0 Å². The zero-order valence-electron chi connectivity index (χ0n) is 13.7. The maximum absolute atomic E-state index is 11.3. The first kappa shape index (κ1) is 21.2. The Bertz CT molecular complexity index is 512. The molecule has 9 nitrogen and oxygen atoms in total. The van der Waals surface area contributed by atoms with Gasteiger partial charge in [0, 0.05) is 5.57 Å². The molecule has 0 aliphatic carbocycles. The van der Waals surface area contributed by atoms with Gasteiger partial charge in [0.1, 0.15) is 19.8 Å². The zero-order chi connectivity index (χ0) is 18.5. The standard InChI is InChI=1S/C15H21NO8/c1-10(2)13(18)22-8-6-16-15(20)23-7-5-12(17)24-9-11(3)14(19)21-4/h1,3,5-9H2,2,4H3,(H,16,20). The van der Waals surface area contributed by atoms with E-state index in [-0.39, 0.29) is 43.9 Å². The van der Waals surface area contributed by atoms with E-state index >= 15 is 0 Å². The summed E-state index contributed by atoms with van der Waals surface area (Å²) in [5, 5.41) is 2.33. The van der Waals surface area contributed by atoms with Gasteiger partial charge in [0.15, 0.2) is 0 Å². The van der Waals surface area contributed by atoms with Crippen molar-refractivity contribution in [2.75, 3.05) is 33.5 Å². The highest BCUT2D eigenvalue weighted by molar-refractivity contribution is 5.88. The summed E-state index contributed by atoms with van der Waals surface area (Å²) in [4.78, 5) is 44.7. The number of alkyl carbamates (subject to hydrolysis) is 1. The lowest BCUT2D eigenvalue weighted by atomic mass is 10.3. The fraction of sp³-hybridized carbons (Fsp3) is 0.467. The highest BCUT2D eigenvalue weighted by Crippen LogP contribution is 1.97. The van der Waals surface area contributed by atoms with Crippen molar-refractivity contribution in [3.63, 3.8) is 0 Å². The van der Waals surface area contributed by atoms with Crippen LogP contribution in [0.15, 0.2) is 24.3 Å². The lowest BCUT2D eigenvalue weighted by Gasteiger charge is -2.08. The smallest absolute Gasteiger partial charge is 0.407 e. The van der Waals surface area contributed by atoms with Gasteiger partial charge >= 0.3 is 24.0 Å². The van der Waals surface area contributed by atoms with Crippen LogP contribution in [0.3, 0.4) is 0 Å². The van der Waals surface area contributed by atoms with Crippen LogP contribution in [0.4, 0.5) is 4.79 Å². The van der Waals surface area contributed by atoms with Crippen molar-refractivity contribution in [2.45, 2.75) is 13.3 Å². The second-order valence-corrected chi connectivity index (χ2v) is 4.48. The Labute approximate surface area is 139 Å². The molecule has 1 amide bonds. The summed E-state index contributed by atoms with van der Waals surface area (Å²) in [6.07, 6.45) is -0.958. The van der Waals surface area contributed by atoms with Crippen LogP contribution < -0.4 is 5.32 Å². The Morgan fingerprint density at radius 2 is 1.62 bits per heavy atom. The van der Waals surface area contributed by atoms with Gasteiger partial charge in [-0.25, -0.2) is 14.4 Å². The third-order valence-corrected chi connectivity index (χ3v) is 2.37. The number of methoxy groups -OCH3 is 1. The lowest BCUT2D eigenvalue weighted by Crippen LogP contribution is -2.29. The van der Waals surface area contributed by atoms with Crippen LogP contribution in [0.2, 0.25) is 0 Å². The van der Waals surface area contributed by atoms with Gasteiger partial charge in [0.25, 0.3) is 0 Å². The van der Waals surface area contributed by atoms with Gasteiger partial charge in [-0.1, -0.05) is 13.2 Å². The second-order valence-electron chi connectivity index (χ2n) is 4.48. The normalized spacial score (nSPS) is 9.42. The van der Waals surface area contributed by atoms with Crippen molar-refractivity contribution in [3.05, 3.63) is 24.3 Å². The van der Waals surface area contributed by atoms with Gasteiger partial charge in [0.05, 0.1) is 25.6 Å². The van der Waals surface area contributed by atoms with E-state index in [0.29, 0.717) is 0 Å². The molecule has 9 heteroatoms. The molecule has 134 valence electrons. The Hall–Kier alpha value is -2.84. The van der Waals surface area contributed by atoms with Gasteiger partial charge in [-0.2, -0.15) is 0 Å². The van der Waals surface area contributed by atoms with E-state index in [1.54, 1.807) is 0 Å². The van der Waals surface area contributed by atoms with Crippen molar-refractivity contribution in [3.8, 4) is 0 Å². The summed E-state index contributed by atoms with van der Waals surface area (Å²) in [5.41, 5.74) is 0.250. The predicted octanol–water partition coefficient (Wildman–Crippen LogP) is 0.494. The molecule has 0 spiro atoms. The van der Waals surface area contributed by atoms with E-state index in [0.717, 1.165) is 0 Å². The number of carbonyl (C=O) groups is 4. The minimum absolute atomic E-state index is 0.00572. The number of hydrogen-bond donors (Lipinski definition) is 1. The third-order valence-electron chi connectivity index (χ3n) is 2.37. The number of rotatable bonds is 10. The number of amides is 1. The molecule has 0 radical (unpaired) electrons. The molecule has 0 rings (SSSR count). The van der Waals surface area contributed by atoms with E-state index < -0.39 is 24.0 Å². The highest BCUT2D eigenvalue weighted by atomic mass is 16.6. The lowest BCUT2D eigenvalue weighted by molar-refractivity contribution is -0.145. The van der Waals surface area contributed by atoms with E-state index in [1.165, 1.54) is 14.0 Å². The third kappa shape index (κ3) is 9.98. The average Bonchev–Trinajstić information content (AvgIpc) is 2.55. The molecule has 1 N–H and O–H groups in total. The fourth-order valence-electron chi connectivity index (χ4n) is 1.14. The minimum atomic E-state index is -0.770. The Morgan fingerprint density at radius 1 is 0.958 bits per heavy atom. The fourth-order valence-corrected chi connectivity index (χ4v) is 1.14. The topological polar surface area (TPSA) is 117 Å². The maximum atomic E-state index is 11.3. The first-order chi connectivity index (χ1) is 11.3. The van der Waals surface area contributed by atoms with E-state index in [1.807, 2.05) is 0 Å². The predicted molar refractivity (Wildman–Crippen MR) is 81.9 cm³/mol.